The van der Waals surface area contributed by atoms with E-state index >= 15 is 0 Å². The smallest absolute Gasteiger partial charge is 0.261 e. The second-order valence-corrected chi connectivity index (χ2v) is 10.2. The van der Waals surface area contributed by atoms with Crippen molar-refractivity contribution >= 4 is 39.1 Å². The molecule has 1 amide bonds. The van der Waals surface area contributed by atoms with Crippen LogP contribution in [0.2, 0.25) is 5.02 Å². The summed E-state index contributed by atoms with van der Waals surface area (Å²) in [5.41, 5.74) is 5.18. The number of nitrogens with one attached hydrogen (secondary N) is 1. The van der Waals surface area contributed by atoms with Crippen LogP contribution in [0, 0.1) is 13.8 Å². The van der Waals surface area contributed by atoms with E-state index in [0.717, 1.165) is 28.1 Å². The normalized spacial score (nSPS) is 11.3. The summed E-state index contributed by atoms with van der Waals surface area (Å²) < 4.78 is 2.38. The summed E-state index contributed by atoms with van der Waals surface area (Å²) in [5, 5.41) is 3.76. The lowest BCUT2D eigenvalue weighted by atomic mass is 9.92. The Hall–Kier alpha value is -2.37. The molecule has 3 rings (SSSR count). The van der Waals surface area contributed by atoms with Crippen molar-refractivity contribution in [1.29, 1.82) is 0 Å². The van der Waals surface area contributed by atoms with Gasteiger partial charge in [0, 0.05) is 28.6 Å². The van der Waals surface area contributed by atoms with Crippen LogP contribution >= 0.6 is 27.5 Å². The van der Waals surface area contributed by atoms with Crippen molar-refractivity contribution in [3.63, 3.8) is 0 Å². The Morgan fingerprint density at radius 2 is 1.52 bits per heavy atom. The van der Waals surface area contributed by atoms with Crippen molar-refractivity contribution in [2.24, 2.45) is 0 Å². The monoisotopic (exact) mass is 528 g/mol. The molecule has 0 aliphatic rings. The number of carbonyl (C=O) groups is 1. The average Bonchev–Trinajstić information content (AvgIpc) is 2.76. The summed E-state index contributed by atoms with van der Waals surface area (Å²) in [4.78, 5) is 26.7. The van der Waals surface area contributed by atoms with Gasteiger partial charge in [0.25, 0.3) is 5.91 Å². The fraction of sp³-hybridized carbons (Fsp3) is 0.333. The zero-order chi connectivity index (χ0) is 24.4. The zero-order valence-corrected chi connectivity index (χ0v) is 22.3. The molecule has 6 heteroatoms. The number of aromatic nitrogens is 1. The first-order valence-corrected chi connectivity index (χ1v) is 12.3. The van der Waals surface area contributed by atoms with Gasteiger partial charge in [-0.1, -0.05) is 69.6 Å². The van der Waals surface area contributed by atoms with Gasteiger partial charge in [0.15, 0.2) is 0 Å². The van der Waals surface area contributed by atoms with Crippen molar-refractivity contribution in [2.45, 2.75) is 59.9 Å². The zero-order valence-electron chi connectivity index (χ0n) is 19.9. The van der Waals surface area contributed by atoms with E-state index in [2.05, 4.69) is 48.9 Å². The van der Waals surface area contributed by atoms with Gasteiger partial charge in [0.2, 0.25) is 5.43 Å². The summed E-state index contributed by atoms with van der Waals surface area (Å²) >= 11 is 9.46. The Bertz CT molecular complexity index is 1220. The van der Waals surface area contributed by atoms with Crippen LogP contribution in [0.1, 0.15) is 78.0 Å². The van der Waals surface area contributed by atoms with E-state index in [1.807, 2.05) is 60.9 Å². The van der Waals surface area contributed by atoms with Crippen LogP contribution in [-0.4, -0.2) is 10.5 Å². The number of nitrogens with zero attached hydrogens (tertiary/aromatic N) is 1. The molecule has 174 valence electrons. The highest BCUT2D eigenvalue weighted by Gasteiger charge is 2.24. The lowest BCUT2D eigenvalue weighted by Crippen LogP contribution is -2.29. The molecule has 0 fully saturated rings. The summed E-state index contributed by atoms with van der Waals surface area (Å²) in [5.74, 6) is 0.0656. The molecule has 3 aromatic rings. The van der Waals surface area contributed by atoms with E-state index in [0.29, 0.717) is 21.7 Å². The molecule has 1 aromatic heterocycles. The predicted molar refractivity (Wildman–Crippen MR) is 141 cm³/mol. The molecule has 0 bridgehead atoms. The minimum Gasteiger partial charge on any atom is -0.343 e. The van der Waals surface area contributed by atoms with Gasteiger partial charge in [-0.25, -0.2) is 0 Å². The first kappa shape index (κ1) is 25.3. The minimum absolute atomic E-state index is 0.148. The van der Waals surface area contributed by atoms with Gasteiger partial charge in [-0.3, -0.25) is 9.59 Å². The lowest BCUT2D eigenvalue weighted by Gasteiger charge is -2.22. The number of hydrogen-bond donors (Lipinski definition) is 1. The quantitative estimate of drug-likeness (QED) is 0.361. The third kappa shape index (κ3) is 5.25. The molecule has 2 aromatic carbocycles. The van der Waals surface area contributed by atoms with Crippen LogP contribution in [0.4, 0.5) is 5.69 Å². The molecule has 1 N–H and O–H groups in total. The number of halogens is 2. The number of rotatable bonds is 6. The van der Waals surface area contributed by atoms with Crippen LogP contribution in [0.5, 0.6) is 0 Å². The number of benzene rings is 2. The molecule has 33 heavy (non-hydrogen) atoms. The van der Waals surface area contributed by atoms with E-state index in [1.165, 1.54) is 0 Å². The van der Waals surface area contributed by atoms with E-state index < -0.39 is 5.91 Å². The Labute approximate surface area is 209 Å². The summed E-state index contributed by atoms with van der Waals surface area (Å²) in [6.45, 7) is 12.6. The van der Waals surface area contributed by atoms with Crippen molar-refractivity contribution < 1.29 is 4.79 Å². The number of amides is 1. The fourth-order valence-corrected chi connectivity index (χ4v) is 4.63. The fourth-order valence-electron chi connectivity index (χ4n) is 4.09. The number of anilines is 1. The van der Waals surface area contributed by atoms with Gasteiger partial charge in [-0.05, 0) is 70.4 Å². The van der Waals surface area contributed by atoms with Crippen molar-refractivity contribution in [1.82, 2.24) is 4.57 Å². The second-order valence-electron chi connectivity index (χ2n) is 8.98. The van der Waals surface area contributed by atoms with Crippen LogP contribution in [0.15, 0.2) is 51.7 Å². The molecule has 4 nitrogen and oxygen atoms in total. The molecule has 0 saturated heterocycles. The van der Waals surface area contributed by atoms with Gasteiger partial charge in [-0.15, -0.1) is 0 Å². The third-order valence-corrected chi connectivity index (χ3v) is 7.19. The van der Waals surface area contributed by atoms with Gasteiger partial charge >= 0.3 is 0 Å². The first-order chi connectivity index (χ1) is 15.5. The molecule has 1 heterocycles. The lowest BCUT2D eigenvalue weighted by molar-refractivity contribution is 0.102. The molecular weight excluding hydrogens is 500 g/mol. The number of hydrogen-bond acceptors (Lipinski definition) is 2. The summed E-state index contributed by atoms with van der Waals surface area (Å²) in [7, 11) is 0. The van der Waals surface area contributed by atoms with Crippen LogP contribution in [0.3, 0.4) is 0 Å². The Balaban J connectivity index is 2.11. The molecule has 0 saturated carbocycles. The topological polar surface area (TPSA) is 51.1 Å². The molecule has 0 spiro atoms. The van der Waals surface area contributed by atoms with E-state index in [9.17, 15) is 9.59 Å². The van der Waals surface area contributed by atoms with Crippen LogP contribution in [-0.2, 0) is 6.54 Å². The van der Waals surface area contributed by atoms with Gasteiger partial charge < -0.3 is 9.88 Å². The van der Waals surface area contributed by atoms with Crippen LogP contribution < -0.4 is 10.7 Å². The maximum Gasteiger partial charge on any atom is 0.261 e. The summed E-state index contributed by atoms with van der Waals surface area (Å²) in [6, 6.07) is 13.6. The third-order valence-electron chi connectivity index (χ3n) is 6.01. The standard InChI is InChI=1S/C27H30BrClN2O2/c1-15(2)21-8-7-9-22(16(3)4)25(21)30-27(33)23-17(5)31(18(6)24(28)26(23)32)14-19-10-12-20(29)13-11-19/h7-13,15-16H,14H2,1-6H3,(H,30,33). The Kier molecular flexibility index (Phi) is 7.86. The molecule has 0 radical (unpaired) electrons. The van der Waals surface area contributed by atoms with Crippen molar-refractivity contribution in [2.75, 3.05) is 5.32 Å². The average molecular weight is 530 g/mol. The largest absolute Gasteiger partial charge is 0.343 e. The molecule has 0 aliphatic carbocycles. The number of pyridine rings is 1. The number of carbonyl (C=O) groups excluding carboxylic acids is 1. The Morgan fingerprint density at radius 3 is 2.03 bits per heavy atom. The molecule has 0 aliphatic heterocycles. The van der Waals surface area contributed by atoms with Gasteiger partial charge in [0.1, 0.15) is 5.56 Å². The van der Waals surface area contributed by atoms with Crippen molar-refractivity contribution in [3.05, 3.63) is 95.8 Å². The predicted octanol–water partition coefficient (Wildman–Crippen LogP) is 7.43. The van der Waals surface area contributed by atoms with Crippen LogP contribution in [0.25, 0.3) is 0 Å². The first-order valence-electron chi connectivity index (χ1n) is 11.1. The molecular formula is C27H30BrClN2O2. The highest BCUT2D eigenvalue weighted by atomic mass is 79.9. The van der Waals surface area contributed by atoms with Gasteiger partial charge in [0.05, 0.1) is 4.47 Å². The second kappa shape index (κ2) is 10.3. The van der Waals surface area contributed by atoms with Crippen molar-refractivity contribution in [3.8, 4) is 0 Å². The highest BCUT2D eigenvalue weighted by Crippen LogP contribution is 2.33. The van der Waals surface area contributed by atoms with Gasteiger partial charge in [-0.2, -0.15) is 0 Å². The maximum atomic E-state index is 13.6. The SMILES string of the molecule is Cc1c(Br)c(=O)c(C(=O)Nc2c(C(C)C)cccc2C(C)C)c(C)n1Cc1ccc(Cl)cc1. The molecule has 0 atom stereocenters. The maximum absolute atomic E-state index is 13.6. The van der Waals surface area contributed by atoms with E-state index in [-0.39, 0.29) is 22.8 Å². The summed E-state index contributed by atoms with van der Waals surface area (Å²) in [6.07, 6.45) is 0. The number of para-hydroxylation sites is 1. The van der Waals surface area contributed by atoms with E-state index in [1.54, 1.807) is 0 Å². The highest BCUT2D eigenvalue weighted by molar-refractivity contribution is 9.10. The molecule has 0 unspecified atom stereocenters. The minimum atomic E-state index is -0.391. The van der Waals surface area contributed by atoms with E-state index in [4.69, 9.17) is 11.6 Å². The Morgan fingerprint density at radius 1 is 0.970 bits per heavy atom.